The number of ether oxygens (including phenoxy) is 1. The van der Waals surface area contributed by atoms with Crippen molar-refractivity contribution in [2.75, 3.05) is 6.61 Å². The average Bonchev–Trinajstić information content (AvgIpc) is 2.14. The zero-order chi connectivity index (χ0) is 8.65. The molecule has 3 N–H and O–H groups in total. The van der Waals surface area contributed by atoms with E-state index < -0.39 is 30.4 Å². The maximum Gasteiger partial charge on any atom is 0.341 e. The Balaban J connectivity index is 2.80. The third-order valence-corrected chi connectivity index (χ3v) is 1.78. The Bertz CT molecular complexity index is 176. The Morgan fingerprint density at radius 1 is 1.73 bits per heavy atom. The Morgan fingerprint density at radius 3 is 2.45 bits per heavy atom. The van der Waals surface area contributed by atoms with Gasteiger partial charge < -0.3 is 20.1 Å². The molecule has 0 aromatic carbocycles. The molecule has 1 fully saturated rings. The predicted molar refractivity (Wildman–Crippen MR) is 33.6 cm³/mol. The fraction of sp³-hybridized carbons (Fsp3) is 0.833. The average molecular weight is 162 g/mol. The van der Waals surface area contributed by atoms with Crippen LogP contribution in [0, 0.1) is 0 Å². The van der Waals surface area contributed by atoms with Gasteiger partial charge in [-0.2, -0.15) is 0 Å². The van der Waals surface area contributed by atoms with Gasteiger partial charge in [-0.1, -0.05) is 0 Å². The van der Waals surface area contributed by atoms with Gasteiger partial charge in [0.05, 0.1) is 6.61 Å². The van der Waals surface area contributed by atoms with Crippen LogP contribution in [0.1, 0.15) is 6.92 Å². The lowest BCUT2D eigenvalue weighted by Crippen LogP contribution is -2.43. The first-order valence-electron chi connectivity index (χ1n) is 3.22. The lowest BCUT2D eigenvalue weighted by Gasteiger charge is -2.16. The van der Waals surface area contributed by atoms with Crippen LogP contribution in [0.15, 0.2) is 0 Å². The van der Waals surface area contributed by atoms with Gasteiger partial charge in [0.2, 0.25) is 0 Å². The van der Waals surface area contributed by atoms with Crippen molar-refractivity contribution in [3.05, 3.63) is 0 Å². The van der Waals surface area contributed by atoms with E-state index in [0.29, 0.717) is 0 Å². The third kappa shape index (κ3) is 1.11. The molecule has 11 heavy (non-hydrogen) atoms. The van der Waals surface area contributed by atoms with Crippen molar-refractivity contribution in [3.63, 3.8) is 0 Å². The molecule has 0 aromatic rings. The standard InChI is InChI=1S/C6H10O5/c1-6(10)4(8)3(2-7)11-5(6)9/h3-4,7-8,10H,2H2,1H3/t3-,4+,6-/m0/s1. The van der Waals surface area contributed by atoms with Crippen LogP contribution < -0.4 is 0 Å². The molecule has 64 valence electrons. The van der Waals surface area contributed by atoms with E-state index in [-0.39, 0.29) is 0 Å². The minimum Gasteiger partial charge on any atom is -0.455 e. The molecule has 1 heterocycles. The summed E-state index contributed by atoms with van der Waals surface area (Å²) >= 11 is 0. The SMILES string of the molecule is C[C@@]1(O)C(=O)O[C@@H](CO)[C@H]1O. The topological polar surface area (TPSA) is 87.0 Å². The Kier molecular flexibility index (Phi) is 1.87. The van der Waals surface area contributed by atoms with E-state index in [1.165, 1.54) is 0 Å². The van der Waals surface area contributed by atoms with Crippen LogP contribution in [0.2, 0.25) is 0 Å². The first-order chi connectivity index (χ1) is 5.00. The summed E-state index contributed by atoms with van der Waals surface area (Å²) in [6.45, 7) is 0.665. The van der Waals surface area contributed by atoms with E-state index in [2.05, 4.69) is 4.74 Å². The molecule has 0 saturated carbocycles. The minimum atomic E-state index is -1.88. The summed E-state index contributed by atoms with van der Waals surface area (Å²) in [5.74, 6) is -0.899. The van der Waals surface area contributed by atoms with Crippen molar-refractivity contribution in [1.82, 2.24) is 0 Å². The molecule has 0 spiro atoms. The number of carbonyl (C=O) groups is 1. The van der Waals surface area contributed by atoms with Crippen LogP contribution in [-0.4, -0.2) is 45.7 Å². The molecule has 0 bridgehead atoms. The van der Waals surface area contributed by atoms with Gasteiger partial charge in [0.1, 0.15) is 6.10 Å². The number of esters is 1. The summed E-state index contributed by atoms with van der Waals surface area (Å²) in [5, 5.41) is 26.9. The highest BCUT2D eigenvalue weighted by molar-refractivity contribution is 5.82. The summed E-state index contributed by atoms with van der Waals surface area (Å²) in [7, 11) is 0. The van der Waals surface area contributed by atoms with E-state index in [1.54, 1.807) is 0 Å². The molecule has 0 aromatic heterocycles. The van der Waals surface area contributed by atoms with Gasteiger partial charge in [-0.05, 0) is 6.92 Å². The highest BCUT2D eigenvalue weighted by atomic mass is 16.6. The molecule has 3 atom stereocenters. The van der Waals surface area contributed by atoms with Crippen molar-refractivity contribution >= 4 is 5.97 Å². The van der Waals surface area contributed by atoms with Gasteiger partial charge in [0.15, 0.2) is 11.7 Å². The van der Waals surface area contributed by atoms with E-state index in [4.69, 9.17) is 10.2 Å². The molecule has 0 radical (unpaired) electrons. The summed E-state index contributed by atoms with van der Waals surface area (Å²) < 4.78 is 4.45. The second-order valence-corrected chi connectivity index (χ2v) is 2.72. The van der Waals surface area contributed by atoms with Gasteiger partial charge in [0, 0.05) is 0 Å². The molecule has 0 amide bonds. The van der Waals surface area contributed by atoms with Gasteiger partial charge in [-0.15, -0.1) is 0 Å². The molecule has 1 rings (SSSR count). The van der Waals surface area contributed by atoms with Crippen molar-refractivity contribution in [1.29, 1.82) is 0 Å². The Labute approximate surface area is 63.2 Å². The quantitative estimate of drug-likeness (QED) is 0.389. The van der Waals surface area contributed by atoms with Crippen LogP contribution in [0.5, 0.6) is 0 Å². The van der Waals surface area contributed by atoms with Crippen molar-refractivity contribution in [2.45, 2.75) is 24.7 Å². The second kappa shape index (κ2) is 2.44. The van der Waals surface area contributed by atoms with Crippen LogP contribution in [0.3, 0.4) is 0 Å². The Hall–Kier alpha value is -0.650. The molecular weight excluding hydrogens is 152 g/mol. The van der Waals surface area contributed by atoms with Crippen molar-refractivity contribution in [2.24, 2.45) is 0 Å². The van der Waals surface area contributed by atoms with Crippen LogP contribution in [-0.2, 0) is 9.53 Å². The smallest absolute Gasteiger partial charge is 0.341 e. The van der Waals surface area contributed by atoms with Gasteiger partial charge in [-0.25, -0.2) is 4.79 Å². The summed E-state index contributed by atoms with van der Waals surface area (Å²) in [5.41, 5.74) is -1.88. The summed E-state index contributed by atoms with van der Waals surface area (Å²) in [4.78, 5) is 10.7. The monoisotopic (exact) mass is 162 g/mol. The third-order valence-electron chi connectivity index (χ3n) is 1.78. The maximum absolute atomic E-state index is 10.7. The molecule has 0 unspecified atom stereocenters. The number of cyclic esters (lactones) is 1. The molecule has 5 heteroatoms. The molecule has 5 nitrogen and oxygen atoms in total. The molecule has 0 aliphatic carbocycles. The molecule has 1 aliphatic heterocycles. The molecular formula is C6H10O5. The van der Waals surface area contributed by atoms with E-state index >= 15 is 0 Å². The lowest BCUT2D eigenvalue weighted by atomic mass is 9.99. The molecule has 1 saturated heterocycles. The normalized spacial score (nSPS) is 44.2. The first kappa shape index (κ1) is 8.45. The highest BCUT2D eigenvalue weighted by Crippen LogP contribution is 2.25. The largest absolute Gasteiger partial charge is 0.455 e. The fourth-order valence-electron chi connectivity index (χ4n) is 0.941. The number of aliphatic hydroxyl groups is 3. The summed E-state index contributed by atoms with van der Waals surface area (Å²) in [6.07, 6.45) is -2.35. The van der Waals surface area contributed by atoms with E-state index in [0.717, 1.165) is 6.92 Å². The van der Waals surface area contributed by atoms with Crippen LogP contribution in [0.4, 0.5) is 0 Å². The van der Waals surface area contributed by atoms with Crippen LogP contribution in [0.25, 0.3) is 0 Å². The number of carbonyl (C=O) groups excluding carboxylic acids is 1. The van der Waals surface area contributed by atoms with Gasteiger partial charge in [-0.3, -0.25) is 0 Å². The Morgan fingerprint density at radius 2 is 2.27 bits per heavy atom. The lowest BCUT2D eigenvalue weighted by molar-refractivity contribution is -0.155. The fourth-order valence-corrected chi connectivity index (χ4v) is 0.941. The molecule has 1 aliphatic rings. The number of aliphatic hydroxyl groups excluding tert-OH is 2. The van der Waals surface area contributed by atoms with Gasteiger partial charge >= 0.3 is 5.97 Å². The number of hydrogen-bond acceptors (Lipinski definition) is 5. The summed E-state index contributed by atoms with van der Waals surface area (Å²) in [6, 6.07) is 0. The first-order valence-corrected chi connectivity index (χ1v) is 3.22. The van der Waals surface area contributed by atoms with E-state index in [1.807, 2.05) is 0 Å². The van der Waals surface area contributed by atoms with Crippen LogP contribution >= 0.6 is 0 Å². The predicted octanol–water partition coefficient (Wildman–Crippen LogP) is -1.98. The van der Waals surface area contributed by atoms with Crippen molar-refractivity contribution < 1.29 is 24.9 Å². The number of rotatable bonds is 1. The minimum absolute atomic E-state index is 0.483. The zero-order valence-corrected chi connectivity index (χ0v) is 6.02. The number of hydrogen-bond donors (Lipinski definition) is 3. The highest BCUT2D eigenvalue weighted by Gasteiger charge is 2.52. The van der Waals surface area contributed by atoms with Gasteiger partial charge in [0.25, 0.3) is 0 Å². The van der Waals surface area contributed by atoms with Crippen molar-refractivity contribution in [3.8, 4) is 0 Å². The van der Waals surface area contributed by atoms with E-state index in [9.17, 15) is 9.90 Å². The second-order valence-electron chi connectivity index (χ2n) is 2.72. The zero-order valence-electron chi connectivity index (χ0n) is 6.02. The maximum atomic E-state index is 10.7.